The molecule has 0 aliphatic rings. The quantitative estimate of drug-likeness (QED) is 0.834. The predicted molar refractivity (Wildman–Crippen MR) is 61.5 cm³/mol. The first-order chi connectivity index (χ1) is 8.11. The van der Waals surface area contributed by atoms with Gasteiger partial charge in [-0.1, -0.05) is 0 Å². The Hall–Kier alpha value is -2.35. The summed E-state index contributed by atoms with van der Waals surface area (Å²) in [7, 11) is 0. The van der Waals surface area contributed by atoms with Crippen LogP contribution in [-0.2, 0) is 9.59 Å². The third-order valence-corrected chi connectivity index (χ3v) is 1.85. The van der Waals surface area contributed by atoms with Gasteiger partial charge >= 0.3 is 0 Å². The Morgan fingerprint density at radius 3 is 2.53 bits per heavy atom. The van der Waals surface area contributed by atoms with Crippen LogP contribution in [0.25, 0.3) is 0 Å². The second-order valence-electron chi connectivity index (χ2n) is 3.37. The molecule has 1 aromatic rings. The molecule has 0 bridgehead atoms. The van der Waals surface area contributed by atoms with Crippen LogP contribution in [0.1, 0.15) is 13.3 Å². The second-order valence-corrected chi connectivity index (χ2v) is 3.37. The van der Waals surface area contributed by atoms with Crippen molar-refractivity contribution < 1.29 is 14.3 Å². The van der Waals surface area contributed by atoms with E-state index in [-0.39, 0.29) is 24.7 Å². The highest BCUT2D eigenvalue weighted by Gasteiger charge is 2.02. The molecular formula is C12H12N2O3. The Morgan fingerprint density at radius 1 is 1.35 bits per heavy atom. The monoisotopic (exact) mass is 232 g/mol. The van der Waals surface area contributed by atoms with E-state index in [0.717, 1.165) is 0 Å². The van der Waals surface area contributed by atoms with Crippen molar-refractivity contribution in [2.24, 2.45) is 0 Å². The van der Waals surface area contributed by atoms with Crippen LogP contribution >= 0.6 is 0 Å². The maximum absolute atomic E-state index is 11.0. The van der Waals surface area contributed by atoms with Gasteiger partial charge in [-0.15, -0.1) is 0 Å². The van der Waals surface area contributed by atoms with Crippen molar-refractivity contribution in [3.8, 4) is 11.8 Å². The van der Waals surface area contributed by atoms with E-state index in [2.05, 4.69) is 5.32 Å². The maximum atomic E-state index is 11.0. The first kappa shape index (κ1) is 12.7. The van der Waals surface area contributed by atoms with Gasteiger partial charge < -0.3 is 10.1 Å². The fourth-order valence-corrected chi connectivity index (χ4v) is 1.14. The fraction of sp³-hybridized carbons (Fsp3) is 0.250. The van der Waals surface area contributed by atoms with Crippen molar-refractivity contribution in [2.75, 3.05) is 11.9 Å². The highest BCUT2D eigenvalue weighted by atomic mass is 16.5. The molecule has 0 saturated heterocycles. The van der Waals surface area contributed by atoms with Gasteiger partial charge in [-0.2, -0.15) is 5.26 Å². The van der Waals surface area contributed by atoms with Gasteiger partial charge in [-0.25, -0.2) is 0 Å². The third kappa shape index (κ3) is 4.80. The van der Waals surface area contributed by atoms with Gasteiger partial charge in [0.25, 0.3) is 0 Å². The van der Waals surface area contributed by atoms with Crippen molar-refractivity contribution in [1.82, 2.24) is 0 Å². The van der Waals surface area contributed by atoms with Crippen molar-refractivity contribution in [3.05, 3.63) is 24.3 Å². The number of hydrogen-bond acceptors (Lipinski definition) is 4. The van der Waals surface area contributed by atoms with Gasteiger partial charge in [0.2, 0.25) is 5.91 Å². The van der Waals surface area contributed by atoms with Gasteiger partial charge in [0.1, 0.15) is 12.4 Å². The van der Waals surface area contributed by atoms with Crippen molar-refractivity contribution >= 4 is 17.4 Å². The van der Waals surface area contributed by atoms with Crippen LogP contribution in [0.4, 0.5) is 5.69 Å². The van der Waals surface area contributed by atoms with Crippen molar-refractivity contribution in [2.45, 2.75) is 13.3 Å². The molecule has 1 amide bonds. The van der Waals surface area contributed by atoms with E-state index in [0.29, 0.717) is 11.4 Å². The molecule has 5 heteroatoms. The first-order valence-corrected chi connectivity index (χ1v) is 5.01. The van der Waals surface area contributed by atoms with Gasteiger partial charge in [-0.05, 0) is 24.3 Å². The van der Waals surface area contributed by atoms with E-state index >= 15 is 0 Å². The number of anilines is 1. The van der Waals surface area contributed by atoms with E-state index < -0.39 is 0 Å². The number of rotatable bonds is 5. The number of amides is 1. The number of carbonyl (C=O) groups is 2. The molecule has 1 N–H and O–H groups in total. The molecule has 0 saturated carbocycles. The van der Waals surface area contributed by atoms with Gasteiger partial charge in [0.15, 0.2) is 5.78 Å². The standard InChI is InChI=1S/C12H12N2O3/c1-9(15)14-10-2-4-12(5-3-10)17-8-11(16)6-7-13/h2-5H,6,8H2,1H3,(H,14,15). The number of benzene rings is 1. The topological polar surface area (TPSA) is 79.2 Å². The van der Waals surface area contributed by atoms with Gasteiger partial charge in [0, 0.05) is 12.6 Å². The Labute approximate surface area is 99.0 Å². The van der Waals surface area contributed by atoms with E-state index in [4.69, 9.17) is 10.00 Å². The highest BCUT2D eigenvalue weighted by molar-refractivity contribution is 5.88. The molecule has 0 spiro atoms. The molecule has 17 heavy (non-hydrogen) atoms. The molecule has 0 aliphatic carbocycles. The lowest BCUT2D eigenvalue weighted by molar-refractivity contribution is -0.120. The Kier molecular flexibility index (Phi) is 4.70. The molecule has 0 heterocycles. The lowest BCUT2D eigenvalue weighted by Gasteiger charge is -2.05. The van der Waals surface area contributed by atoms with Crippen LogP contribution in [0, 0.1) is 11.3 Å². The molecular weight excluding hydrogens is 220 g/mol. The second kappa shape index (κ2) is 6.28. The largest absolute Gasteiger partial charge is 0.486 e. The summed E-state index contributed by atoms with van der Waals surface area (Å²) < 4.78 is 5.17. The molecule has 5 nitrogen and oxygen atoms in total. The number of Topliss-reactive ketones (excluding diaryl/α,β-unsaturated/α-hetero) is 1. The molecule has 1 aromatic carbocycles. The molecule has 0 atom stereocenters. The predicted octanol–water partition coefficient (Wildman–Crippen LogP) is 1.51. The van der Waals surface area contributed by atoms with Crippen LogP contribution in [0.3, 0.4) is 0 Å². The van der Waals surface area contributed by atoms with Gasteiger partial charge in [-0.3, -0.25) is 9.59 Å². The number of ether oxygens (including phenoxy) is 1. The summed E-state index contributed by atoms with van der Waals surface area (Å²) in [5.74, 6) is 0.103. The summed E-state index contributed by atoms with van der Waals surface area (Å²) in [6, 6.07) is 8.39. The SMILES string of the molecule is CC(=O)Nc1ccc(OCC(=O)CC#N)cc1. The lowest BCUT2D eigenvalue weighted by atomic mass is 10.3. The molecule has 0 aromatic heterocycles. The summed E-state index contributed by atoms with van der Waals surface area (Å²) in [5.41, 5.74) is 0.660. The van der Waals surface area contributed by atoms with E-state index in [1.807, 2.05) is 0 Å². The van der Waals surface area contributed by atoms with Crippen LogP contribution in [0.5, 0.6) is 5.75 Å². The number of carbonyl (C=O) groups excluding carboxylic acids is 2. The van der Waals surface area contributed by atoms with E-state index in [1.165, 1.54) is 6.92 Å². The molecule has 1 rings (SSSR count). The molecule has 88 valence electrons. The molecule has 0 unspecified atom stereocenters. The molecule has 0 fully saturated rings. The number of nitrogens with zero attached hydrogens (tertiary/aromatic N) is 1. The van der Waals surface area contributed by atoms with Crippen LogP contribution in [0.15, 0.2) is 24.3 Å². The Bertz CT molecular complexity index is 446. The van der Waals surface area contributed by atoms with Crippen LogP contribution in [-0.4, -0.2) is 18.3 Å². The zero-order chi connectivity index (χ0) is 12.7. The number of nitriles is 1. The average Bonchev–Trinajstić information content (AvgIpc) is 2.28. The van der Waals surface area contributed by atoms with Crippen LogP contribution in [0.2, 0.25) is 0 Å². The third-order valence-electron chi connectivity index (χ3n) is 1.85. The van der Waals surface area contributed by atoms with Crippen molar-refractivity contribution in [1.29, 1.82) is 5.26 Å². The zero-order valence-corrected chi connectivity index (χ0v) is 9.40. The number of nitrogens with one attached hydrogen (secondary N) is 1. The number of ketones is 1. The summed E-state index contributed by atoms with van der Waals surface area (Å²) in [5, 5.41) is 10.9. The average molecular weight is 232 g/mol. The highest BCUT2D eigenvalue weighted by Crippen LogP contribution is 2.15. The normalized spacial score (nSPS) is 9.18. The summed E-state index contributed by atoms with van der Waals surface area (Å²) in [6.07, 6.45) is -0.149. The smallest absolute Gasteiger partial charge is 0.221 e. The molecule has 0 aliphatic heterocycles. The van der Waals surface area contributed by atoms with E-state index in [9.17, 15) is 9.59 Å². The lowest BCUT2D eigenvalue weighted by Crippen LogP contribution is -2.10. The summed E-state index contributed by atoms with van der Waals surface area (Å²) >= 11 is 0. The minimum absolute atomic E-state index is 0.118. The van der Waals surface area contributed by atoms with Crippen LogP contribution < -0.4 is 10.1 Å². The zero-order valence-electron chi connectivity index (χ0n) is 9.40. The Morgan fingerprint density at radius 2 is 2.00 bits per heavy atom. The maximum Gasteiger partial charge on any atom is 0.221 e. The minimum Gasteiger partial charge on any atom is -0.486 e. The molecule has 0 radical (unpaired) electrons. The minimum atomic E-state index is -0.265. The van der Waals surface area contributed by atoms with Gasteiger partial charge in [0.05, 0.1) is 12.5 Å². The number of hydrogen-bond donors (Lipinski definition) is 1. The fourth-order valence-electron chi connectivity index (χ4n) is 1.14. The summed E-state index contributed by atoms with van der Waals surface area (Å²) in [6.45, 7) is 1.30. The Balaban J connectivity index is 2.48. The van der Waals surface area contributed by atoms with E-state index in [1.54, 1.807) is 30.3 Å². The van der Waals surface area contributed by atoms with Crippen molar-refractivity contribution in [3.63, 3.8) is 0 Å². The summed E-state index contributed by atoms with van der Waals surface area (Å²) in [4.78, 5) is 21.8. The first-order valence-electron chi connectivity index (χ1n) is 5.01.